The molecular formula is C24H25BrClN5O2S. The predicted octanol–water partition coefficient (Wildman–Crippen LogP) is 5.72. The fourth-order valence-electron chi connectivity index (χ4n) is 3.21. The van der Waals surface area contributed by atoms with Gasteiger partial charge < -0.3 is 15.2 Å². The van der Waals surface area contributed by atoms with Crippen LogP contribution in [0.25, 0.3) is 0 Å². The van der Waals surface area contributed by atoms with Crippen LogP contribution in [0.15, 0.2) is 58.7 Å². The highest BCUT2D eigenvalue weighted by molar-refractivity contribution is 9.10. The minimum absolute atomic E-state index is 0.145. The number of carbonyl (C=O) groups excluding carboxylic acids is 2. The number of thioether (sulfide) groups is 1. The van der Waals surface area contributed by atoms with Gasteiger partial charge in [-0.05, 0) is 68.3 Å². The van der Waals surface area contributed by atoms with E-state index in [9.17, 15) is 9.59 Å². The first-order valence-corrected chi connectivity index (χ1v) is 12.7. The Kier molecular flexibility index (Phi) is 8.93. The topological polar surface area (TPSA) is 88.9 Å². The van der Waals surface area contributed by atoms with Crippen LogP contribution in [0.2, 0.25) is 5.02 Å². The standard InChI is InChI=1S/C24H25BrClN5O2S/c1-5-12-31-22(16(4)27-23(33)17-6-8-18(26)9-7-17)29-30-24(31)34-13-21(32)28-20-11-10-19(25)14(2)15(20)3/h5-11,16H,1,12-13H2,2-4H3,(H,27,33)(H,28,32)/t16-/m0/s1. The van der Waals surface area contributed by atoms with Crippen molar-refractivity contribution in [2.75, 3.05) is 11.1 Å². The summed E-state index contributed by atoms with van der Waals surface area (Å²) in [5, 5.41) is 15.5. The second-order valence-corrected chi connectivity index (χ2v) is 9.86. The van der Waals surface area contributed by atoms with Crippen LogP contribution in [0, 0.1) is 13.8 Å². The van der Waals surface area contributed by atoms with Crippen LogP contribution in [-0.4, -0.2) is 32.3 Å². The molecule has 1 atom stereocenters. The molecule has 7 nitrogen and oxygen atoms in total. The number of amides is 2. The van der Waals surface area contributed by atoms with Gasteiger partial charge in [-0.2, -0.15) is 0 Å². The quantitative estimate of drug-likeness (QED) is 0.257. The van der Waals surface area contributed by atoms with Gasteiger partial charge in [0.2, 0.25) is 5.91 Å². The molecule has 2 aromatic carbocycles. The molecule has 0 bridgehead atoms. The molecule has 0 radical (unpaired) electrons. The van der Waals surface area contributed by atoms with Crippen molar-refractivity contribution in [2.45, 2.75) is 38.5 Å². The Morgan fingerprint density at radius 3 is 2.56 bits per heavy atom. The molecule has 3 aromatic rings. The van der Waals surface area contributed by atoms with Crippen molar-refractivity contribution in [3.63, 3.8) is 0 Å². The van der Waals surface area contributed by atoms with Gasteiger partial charge in [-0.15, -0.1) is 16.8 Å². The Balaban J connectivity index is 1.67. The molecule has 0 aliphatic heterocycles. The van der Waals surface area contributed by atoms with E-state index in [0.717, 1.165) is 21.3 Å². The van der Waals surface area contributed by atoms with E-state index in [-0.39, 0.29) is 17.6 Å². The smallest absolute Gasteiger partial charge is 0.251 e. The molecule has 3 rings (SSSR count). The summed E-state index contributed by atoms with van der Waals surface area (Å²) in [6, 6.07) is 10.0. The summed E-state index contributed by atoms with van der Waals surface area (Å²) in [6.07, 6.45) is 1.72. The lowest BCUT2D eigenvalue weighted by Crippen LogP contribution is -2.28. The molecule has 0 aliphatic rings. The molecule has 1 aromatic heterocycles. The molecule has 1 heterocycles. The number of halogens is 2. The maximum absolute atomic E-state index is 12.6. The van der Waals surface area contributed by atoms with Crippen LogP contribution in [0.5, 0.6) is 0 Å². The van der Waals surface area contributed by atoms with E-state index in [1.54, 1.807) is 30.3 Å². The largest absolute Gasteiger partial charge is 0.342 e. The molecule has 34 heavy (non-hydrogen) atoms. The zero-order valence-corrected chi connectivity index (χ0v) is 22.2. The average molecular weight is 563 g/mol. The molecule has 0 unspecified atom stereocenters. The Labute approximate surface area is 216 Å². The van der Waals surface area contributed by atoms with Crippen LogP contribution in [0.3, 0.4) is 0 Å². The number of hydrogen-bond acceptors (Lipinski definition) is 5. The zero-order valence-electron chi connectivity index (χ0n) is 19.1. The number of anilines is 1. The molecular weight excluding hydrogens is 538 g/mol. The lowest BCUT2D eigenvalue weighted by Gasteiger charge is -2.15. The van der Waals surface area contributed by atoms with Crippen molar-refractivity contribution in [1.82, 2.24) is 20.1 Å². The summed E-state index contributed by atoms with van der Waals surface area (Å²) in [5.74, 6) is 0.346. The van der Waals surface area contributed by atoms with E-state index in [1.807, 2.05) is 37.5 Å². The molecule has 2 amide bonds. The Morgan fingerprint density at radius 1 is 1.18 bits per heavy atom. The summed E-state index contributed by atoms with van der Waals surface area (Å²) in [5.41, 5.74) is 3.36. The van der Waals surface area contributed by atoms with E-state index in [4.69, 9.17) is 11.6 Å². The number of carbonyl (C=O) groups is 2. The third-order valence-corrected chi connectivity index (χ3v) is 7.30. The highest BCUT2D eigenvalue weighted by Crippen LogP contribution is 2.27. The summed E-state index contributed by atoms with van der Waals surface area (Å²) >= 11 is 10.7. The maximum atomic E-state index is 12.6. The maximum Gasteiger partial charge on any atom is 0.251 e. The third kappa shape index (κ3) is 6.28. The van der Waals surface area contributed by atoms with E-state index in [1.165, 1.54) is 11.8 Å². The van der Waals surface area contributed by atoms with Crippen LogP contribution in [0.1, 0.15) is 40.3 Å². The van der Waals surface area contributed by atoms with E-state index >= 15 is 0 Å². The van der Waals surface area contributed by atoms with Crippen LogP contribution in [0.4, 0.5) is 5.69 Å². The monoisotopic (exact) mass is 561 g/mol. The lowest BCUT2D eigenvalue weighted by atomic mass is 10.1. The summed E-state index contributed by atoms with van der Waals surface area (Å²) < 4.78 is 2.84. The van der Waals surface area contributed by atoms with Gasteiger partial charge in [0.1, 0.15) is 0 Å². The Bertz CT molecular complexity index is 1210. The van der Waals surface area contributed by atoms with Crippen molar-refractivity contribution in [2.24, 2.45) is 0 Å². The molecule has 2 N–H and O–H groups in total. The van der Waals surface area contributed by atoms with E-state index in [0.29, 0.717) is 28.1 Å². The first kappa shape index (κ1) is 26.0. The van der Waals surface area contributed by atoms with E-state index < -0.39 is 6.04 Å². The highest BCUT2D eigenvalue weighted by Gasteiger charge is 2.20. The number of nitrogens with zero attached hydrogens (tertiary/aromatic N) is 3. The minimum atomic E-state index is -0.410. The van der Waals surface area contributed by atoms with Crippen molar-refractivity contribution in [3.05, 3.63) is 81.1 Å². The van der Waals surface area contributed by atoms with Crippen LogP contribution >= 0.6 is 39.3 Å². The first-order valence-electron chi connectivity index (χ1n) is 10.5. The first-order chi connectivity index (χ1) is 16.2. The van der Waals surface area contributed by atoms with Crippen molar-refractivity contribution >= 4 is 56.8 Å². The van der Waals surface area contributed by atoms with Crippen molar-refractivity contribution < 1.29 is 9.59 Å². The summed E-state index contributed by atoms with van der Waals surface area (Å²) in [4.78, 5) is 25.2. The van der Waals surface area contributed by atoms with Gasteiger partial charge in [-0.3, -0.25) is 9.59 Å². The average Bonchev–Trinajstić information content (AvgIpc) is 3.21. The number of hydrogen-bond donors (Lipinski definition) is 2. The fraction of sp³-hybridized carbons (Fsp3) is 0.250. The summed E-state index contributed by atoms with van der Waals surface area (Å²) in [7, 11) is 0. The SMILES string of the molecule is C=CCn1c(SCC(=O)Nc2ccc(Br)c(C)c2C)nnc1[C@H](C)NC(=O)c1ccc(Cl)cc1. The zero-order chi connectivity index (χ0) is 24.8. The fourth-order valence-corrected chi connectivity index (χ4v) is 4.52. The summed E-state index contributed by atoms with van der Waals surface area (Å²) in [6.45, 7) is 10.0. The number of nitrogens with one attached hydrogen (secondary N) is 2. The molecule has 0 aliphatic carbocycles. The van der Waals surface area contributed by atoms with Gasteiger partial charge in [0.05, 0.1) is 11.8 Å². The molecule has 10 heteroatoms. The predicted molar refractivity (Wildman–Crippen MR) is 141 cm³/mol. The number of rotatable bonds is 9. The minimum Gasteiger partial charge on any atom is -0.342 e. The van der Waals surface area contributed by atoms with Gasteiger partial charge in [0.15, 0.2) is 11.0 Å². The molecule has 0 fully saturated rings. The normalized spacial score (nSPS) is 11.7. The van der Waals surface area contributed by atoms with Crippen molar-refractivity contribution in [3.8, 4) is 0 Å². The second kappa shape index (κ2) is 11.7. The van der Waals surface area contributed by atoms with Gasteiger partial charge >= 0.3 is 0 Å². The Morgan fingerprint density at radius 2 is 1.88 bits per heavy atom. The van der Waals surface area contributed by atoms with Gasteiger partial charge in [0, 0.05) is 27.3 Å². The molecule has 0 saturated heterocycles. The van der Waals surface area contributed by atoms with Gasteiger partial charge in [-0.1, -0.05) is 45.4 Å². The lowest BCUT2D eigenvalue weighted by molar-refractivity contribution is -0.113. The second-order valence-electron chi connectivity index (χ2n) is 7.62. The van der Waals surface area contributed by atoms with E-state index in [2.05, 4.69) is 43.3 Å². The number of aromatic nitrogens is 3. The Hall–Kier alpha value is -2.62. The highest BCUT2D eigenvalue weighted by atomic mass is 79.9. The molecule has 0 spiro atoms. The number of benzene rings is 2. The van der Waals surface area contributed by atoms with Gasteiger partial charge in [-0.25, -0.2) is 0 Å². The molecule has 0 saturated carbocycles. The third-order valence-electron chi connectivity index (χ3n) is 5.23. The molecule has 178 valence electrons. The van der Waals surface area contributed by atoms with Gasteiger partial charge in [0.25, 0.3) is 5.91 Å². The van der Waals surface area contributed by atoms with Crippen molar-refractivity contribution in [1.29, 1.82) is 0 Å². The van der Waals surface area contributed by atoms with Crippen LogP contribution < -0.4 is 10.6 Å². The number of allylic oxidation sites excluding steroid dienone is 1. The van der Waals surface area contributed by atoms with Crippen LogP contribution in [-0.2, 0) is 11.3 Å².